The number of aliphatic hydroxyl groups excluding tert-OH is 2. The van der Waals surface area contributed by atoms with E-state index in [9.17, 15) is 23.5 Å². The van der Waals surface area contributed by atoms with E-state index >= 15 is 0 Å². The smallest absolute Gasteiger partial charge is 0.351 e. The second-order valence-electron chi connectivity index (χ2n) is 7.06. The first-order valence-electron chi connectivity index (χ1n) is 9.29. The van der Waals surface area contributed by atoms with Gasteiger partial charge in [0.25, 0.3) is 5.91 Å². The highest BCUT2D eigenvalue weighted by Crippen LogP contribution is 2.42. The molecular formula is C19H19F2N3O6. The third-order valence-corrected chi connectivity index (χ3v) is 5.05. The highest BCUT2D eigenvalue weighted by atomic mass is 19.3. The average Bonchev–Trinajstić information content (AvgIpc) is 2.96. The summed E-state index contributed by atoms with van der Waals surface area (Å²) in [5.74, 6) is -3.74. The van der Waals surface area contributed by atoms with Crippen molar-refractivity contribution < 1.29 is 33.3 Å². The number of nitrogens with zero attached hydrogens (tertiary/aromatic N) is 2. The van der Waals surface area contributed by atoms with Crippen LogP contribution in [0, 0.1) is 0 Å². The number of hydrogen-bond donors (Lipinski definition) is 3. The first-order valence-corrected chi connectivity index (χ1v) is 9.29. The first kappa shape index (κ1) is 20.4. The van der Waals surface area contributed by atoms with Crippen molar-refractivity contribution in [2.24, 2.45) is 0 Å². The van der Waals surface area contributed by atoms with Gasteiger partial charge in [0.15, 0.2) is 6.10 Å². The van der Waals surface area contributed by atoms with Crippen molar-refractivity contribution in [2.45, 2.75) is 37.2 Å². The Bertz CT molecular complexity index is 1030. The number of ether oxygens (including phenoxy) is 2. The number of aromatic nitrogens is 2. The molecule has 0 aliphatic carbocycles. The maximum Gasteiger partial charge on any atom is 0.351 e. The number of alkyl halides is 2. The molecule has 9 nitrogen and oxygen atoms in total. The van der Waals surface area contributed by atoms with Crippen LogP contribution in [0.25, 0.3) is 0 Å². The lowest BCUT2D eigenvalue weighted by Crippen LogP contribution is -2.41. The molecule has 3 heterocycles. The molecule has 0 bridgehead atoms. The molecule has 2 aliphatic heterocycles. The predicted molar refractivity (Wildman–Crippen MR) is 98.7 cm³/mol. The Morgan fingerprint density at radius 1 is 1.37 bits per heavy atom. The van der Waals surface area contributed by atoms with Crippen LogP contribution < -0.4 is 15.7 Å². The zero-order valence-corrected chi connectivity index (χ0v) is 15.6. The fraction of sp³-hybridized carbons (Fsp3) is 0.421. The second kappa shape index (κ2) is 7.74. The molecule has 1 fully saturated rings. The number of fused-ring (bicyclic) bond motifs is 1. The average molecular weight is 423 g/mol. The van der Waals surface area contributed by atoms with Gasteiger partial charge in [-0.1, -0.05) is 0 Å². The van der Waals surface area contributed by atoms with Gasteiger partial charge in [-0.15, -0.1) is 0 Å². The third-order valence-electron chi connectivity index (χ3n) is 5.05. The van der Waals surface area contributed by atoms with Gasteiger partial charge in [0.2, 0.25) is 6.23 Å². The zero-order valence-electron chi connectivity index (χ0n) is 15.6. The molecule has 1 unspecified atom stereocenters. The van der Waals surface area contributed by atoms with Crippen molar-refractivity contribution >= 4 is 11.7 Å². The van der Waals surface area contributed by atoms with Crippen LogP contribution in [0.2, 0.25) is 0 Å². The van der Waals surface area contributed by atoms with Gasteiger partial charge in [0, 0.05) is 11.8 Å². The lowest BCUT2D eigenvalue weighted by molar-refractivity contribution is -0.140. The number of aliphatic hydroxyl groups is 2. The van der Waals surface area contributed by atoms with Gasteiger partial charge in [0.05, 0.1) is 13.2 Å². The number of amides is 1. The number of halogens is 2. The second-order valence-corrected chi connectivity index (χ2v) is 7.06. The predicted octanol–water partition coefficient (Wildman–Crippen LogP) is 0.706. The monoisotopic (exact) mass is 423 g/mol. The fourth-order valence-corrected chi connectivity index (χ4v) is 3.47. The molecule has 30 heavy (non-hydrogen) atoms. The molecule has 4 rings (SSSR count). The van der Waals surface area contributed by atoms with Crippen molar-refractivity contribution in [1.82, 2.24) is 9.55 Å². The topological polar surface area (TPSA) is 123 Å². The standard InChI is InChI=1S/C19H19F2N3O6/c20-19(21)15(26)13(9-25)30-17(19)24-6-5-14(23-18(24)28)22-16(27)11-3-4-12-10(8-11)2-1-7-29-12/h3-6,8,13,15,17,25-26H,1-2,7,9H2,(H,22,23,27,28)/t13-,15-,17?/m1/s1. The number of nitrogens with one attached hydrogen (secondary N) is 1. The van der Waals surface area contributed by atoms with Crippen LogP contribution in [-0.4, -0.2) is 57.0 Å². The maximum atomic E-state index is 14.2. The Labute approximate surface area is 168 Å². The molecule has 1 amide bonds. The Hall–Kier alpha value is -2.89. The van der Waals surface area contributed by atoms with Crippen LogP contribution in [0.1, 0.15) is 28.6 Å². The van der Waals surface area contributed by atoms with Crippen molar-refractivity contribution in [2.75, 3.05) is 18.5 Å². The van der Waals surface area contributed by atoms with Crippen molar-refractivity contribution in [1.29, 1.82) is 0 Å². The molecule has 160 valence electrons. The molecule has 11 heteroatoms. The van der Waals surface area contributed by atoms with Crippen LogP contribution in [0.3, 0.4) is 0 Å². The van der Waals surface area contributed by atoms with E-state index in [0.29, 0.717) is 16.7 Å². The van der Waals surface area contributed by atoms with Crippen molar-refractivity contribution in [3.8, 4) is 5.75 Å². The van der Waals surface area contributed by atoms with E-state index in [1.165, 1.54) is 6.07 Å². The van der Waals surface area contributed by atoms with E-state index in [1.807, 2.05) is 0 Å². The lowest BCUT2D eigenvalue weighted by Gasteiger charge is -2.21. The van der Waals surface area contributed by atoms with Crippen LogP contribution in [0.5, 0.6) is 5.75 Å². The largest absolute Gasteiger partial charge is 0.493 e. The summed E-state index contributed by atoms with van der Waals surface area (Å²) in [6.45, 7) is -0.214. The molecular weight excluding hydrogens is 404 g/mol. The summed E-state index contributed by atoms with van der Waals surface area (Å²) in [7, 11) is 0. The third kappa shape index (κ3) is 3.55. The Morgan fingerprint density at radius 3 is 2.87 bits per heavy atom. The van der Waals surface area contributed by atoms with Gasteiger partial charge < -0.3 is 25.0 Å². The summed E-state index contributed by atoms with van der Waals surface area (Å²) in [5.41, 5.74) is 0.127. The van der Waals surface area contributed by atoms with E-state index in [2.05, 4.69) is 10.3 Å². The first-order chi connectivity index (χ1) is 14.3. The molecule has 0 radical (unpaired) electrons. The summed E-state index contributed by atoms with van der Waals surface area (Å²) in [5, 5.41) is 21.1. The Morgan fingerprint density at radius 2 is 2.17 bits per heavy atom. The Balaban J connectivity index is 1.53. The number of benzene rings is 1. The number of anilines is 1. The molecule has 1 aromatic heterocycles. The molecule has 2 aromatic rings. The summed E-state index contributed by atoms with van der Waals surface area (Å²) in [6.07, 6.45) is -3.33. The van der Waals surface area contributed by atoms with Gasteiger partial charge in [0.1, 0.15) is 17.7 Å². The van der Waals surface area contributed by atoms with Gasteiger partial charge >= 0.3 is 11.6 Å². The van der Waals surface area contributed by atoms with Crippen LogP contribution >= 0.6 is 0 Å². The minimum absolute atomic E-state index is 0.129. The van der Waals surface area contributed by atoms with Crippen LogP contribution in [0.4, 0.5) is 14.6 Å². The summed E-state index contributed by atoms with van der Waals surface area (Å²) in [4.78, 5) is 28.3. The number of aryl methyl sites for hydroxylation is 1. The van der Waals surface area contributed by atoms with E-state index in [0.717, 1.165) is 30.4 Å². The zero-order chi connectivity index (χ0) is 21.5. The Kier molecular flexibility index (Phi) is 5.26. The van der Waals surface area contributed by atoms with Crippen LogP contribution in [-0.2, 0) is 11.2 Å². The van der Waals surface area contributed by atoms with E-state index in [-0.39, 0.29) is 5.82 Å². The molecule has 3 atom stereocenters. The maximum absolute atomic E-state index is 14.2. The number of carbonyl (C=O) groups is 1. The van der Waals surface area contributed by atoms with Gasteiger partial charge in [-0.3, -0.25) is 9.36 Å². The minimum Gasteiger partial charge on any atom is -0.493 e. The van der Waals surface area contributed by atoms with Crippen LogP contribution in [0.15, 0.2) is 35.3 Å². The quantitative estimate of drug-likeness (QED) is 0.662. The SMILES string of the molecule is O=C(Nc1ccn(C2O[C@H](CO)[C@@H](O)C2(F)F)c(=O)n1)c1ccc2c(c1)CCCO2. The highest BCUT2D eigenvalue weighted by molar-refractivity contribution is 6.04. The summed E-state index contributed by atoms with van der Waals surface area (Å²) < 4.78 is 39.4. The summed E-state index contributed by atoms with van der Waals surface area (Å²) >= 11 is 0. The normalized spacial score (nSPS) is 24.7. The number of rotatable bonds is 4. The molecule has 0 spiro atoms. The van der Waals surface area contributed by atoms with E-state index in [4.69, 9.17) is 14.6 Å². The van der Waals surface area contributed by atoms with E-state index < -0.39 is 42.6 Å². The molecule has 1 aromatic carbocycles. The van der Waals surface area contributed by atoms with E-state index in [1.54, 1.807) is 18.2 Å². The molecule has 3 N–H and O–H groups in total. The molecule has 2 aliphatic rings. The number of carbonyl (C=O) groups excluding carboxylic acids is 1. The van der Waals surface area contributed by atoms with Gasteiger partial charge in [-0.2, -0.15) is 13.8 Å². The highest BCUT2D eigenvalue weighted by Gasteiger charge is 2.59. The minimum atomic E-state index is -3.81. The lowest BCUT2D eigenvalue weighted by atomic mass is 10.0. The summed E-state index contributed by atoms with van der Waals surface area (Å²) in [6, 6.07) is 6.12. The molecule has 0 saturated carbocycles. The van der Waals surface area contributed by atoms with Crippen molar-refractivity contribution in [3.05, 3.63) is 52.1 Å². The van der Waals surface area contributed by atoms with Gasteiger partial charge in [-0.25, -0.2) is 4.79 Å². The molecule has 1 saturated heterocycles. The van der Waals surface area contributed by atoms with Gasteiger partial charge in [-0.05, 0) is 42.7 Å². The number of hydrogen-bond acceptors (Lipinski definition) is 7. The van der Waals surface area contributed by atoms with Crippen molar-refractivity contribution in [3.63, 3.8) is 0 Å². The fourth-order valence-electron chi connectivity index (χ4n) is 3.47.